The van der Waals surface area contributed by atoms with Crippen LogP contribution in [0, 0.1) is 5.41 Å². The fourth-order valence-corrected chi connectivity index (χ4v) is 5.19. The van der Waals surface area contributed by atoms with Gasteiger partial charge in [0.05, 0.1) is 0 Å². The number of rotatable bonds is 4. The molecule has 0 aromatic heterocycles. The molecular weight excluding hydrogens is 426 g/mol. The second-order valence-corrected chi connectivity index (χ2v) is 11.4. The lowest BCUT2D eigenvalue weighted by Gasteiger charge is -2.22. The number of nitrogens with one attached hydrogen (secondary N) is 1. The molecule has 7 nitrogen and oxygen atoms in total. The average Bonchev–Trinajstić information content (AvgIpc) is 2.61. The fourth-order valence-electron chi connectivity index (χ4n) is 3.78. The second kappa shape index (κ2) is 6.52. The van der Waals surface area contributed by atoms with Crippen LogP contribution >= 0.6 is 0 Å². The van der Waals surface area contributed by atoms with E-state index in [-0.39, 0.29) is 26.0 Å². The largest absolute Gasteiger partial charge is 0.384 e. The van der Waals surface area contributed by atoms with Crippen LogP contribution in [0.4, 0.5) is 5.69 Å². The summed E-state index contributed by atoms with van der Waals surface area (Å²) in [5.74, 6) is 0. The van der Waals surface area contributed by atoms with Gasteiger partial charge in [0.25, 0.3) is 20.2 Å². The lowest BCUT2D eigenvalue weighted by molar-refractivity contribution is 0.443. The number of benzene rings is 4. The SMILES string of the molecule is CC(C)(C)CNc1cc(S(=O)(=O)O)c2ccc3ccc(S(=O)(=O)O)c4ccc1c2c34. The molecule has 30 heavy (non-hydrogen) atoms. The lowest BCUT2D eigenvalue weighted by atomic mass is 9.92. The van der Waals surface area contributed by atoms with Crippen molar-refractivity contribution in [3.05, 3.63) is 42.5 Å². The number of anilines is 1. The zero-order chi connectivity index (χ0) is 22.1. The van der Waals surface area contributed by atoms with Gasteiger partial charge in [-0.3, -0.25) is 9.11 Å². The Morgan fingerprint density at radius 3 is 1.90 bits per heavy atom. The van der Waals surface area contributed by atoms with Crippen molar-refractivity contribution in [2.24, 2.45) is 5.41 Å². The van der Waals surface area contributed by atoms with Crippen molar-refractivity contribution in [3.63, 3.8) is 0 Å². The molecule has 0 fully saturated rings. The van der Waals surface area contributed by atoms with Crippen LogP contribution in [0.1, 0.15) is 20.8 Å². The molecule has 0 radical (unpaired) electrons. The van der Waals surface area contributed by atoms with E-state index >= 15 is 0 Å². The van der Waals surface area contributed by atoms with Gasteiger partial charge in [0.15, 0.2) is 0 Å². The normalized spacial score (nSPS) is 13.5. The maximum absolute atomic E-state index is 12.2. The van der Waals surface area contributed by atoms with Gasteiger partial charge >= 0.3 is 0 Å². The molecule has 4 aromatic carbocycles. The highest BCUT2D eigenvalue weighted by molar-refractivity contribution is 7.86. The van der Waals surface area contributed by atoms with Gasteiger partial charge in [-0.15, -0.1) is 0 Å². The zero-order valence-corrected chi connectivity index (χ0v) is 18.2. The van der Waals surface area contributed by atoms with Crippen molar-refractivity contribution >= 4 is 58.2 Å². The average molecular weight is 448 g/mol. The Bertz CT molecular complexity index is 1520. The minimum Gasteiger partial charge on any atom is -0.384 e. The summed E-state index contributed by atoms with van der Waals surface area (Å²) < 4.78 is 67.6. The molecule has 0 saturated carbocycles. The van der Waals surface area contributed by atoms with E-state index in [4.69, 9.17) is 0 Å². The molecule has 0 spiro atoms. The molecular formula is C21H21NO6S2. The summed E-state index contributed by atoms with van der Waals surface area (Å²) in [6.45, 7) is 6.62. The topological polar surface area (TPSA) is 121 Å². The molecule has 3 N–H and O–H groups in total. The van der Waals surface area contributed by atoms with Crippen LogP contribution in [-0.2, 0) is 20.2 Å². The predicted molar refractivity (Wildman–Crippen MR) is 118 cm³/mol. The van der Waals surface area contributed by atoms with Gasteiger partial charge in [-0.2, -0.15) is 16.8 Å². The van der Waals surface area contributed by atoms with Crippen LogP contribution in [-0.4, -0.2) is 32.5 Å². The van der Waals surface area contributed by atoms with E-state index in [9.17, 15) is 25.9 Å². The third kappa shape index (κ3) is 3.47. The summed E-state index contributed by atoms with van der Waals surface area (Å²) in [6.07, 6.45) is 0. The van der Waals surface area contributed by atoms with Crippen molar-refractivity contribution < 1.29 is 25.9 Å². The van der Waals surface area contributed by atoms with Gasteiger partial charge in [-0.1, -0.05) is 51.1 Å². The van der Waals surface area contributed by atoms with Gasteiger partial charge in [0.2, 0.25) is 0 Å². The maximum Gasteiger partial charge on any atom is 0.295 e. The summed E-state index contributed by atoms with van der Waals surface area (Å²) in [6, 6.07) is 10.8. The minimum atomic E-state index is -4.55. The van der Waals surface area contributed by atoms with Gasteiger partial charge in [0, 0.05) is 33.8 Å². The molecule has 0 unspecified atom stereocenters. The molecule has 0 aliphatic carbocycles. The van der Waals surface area contributed by atoms with E-state index in [0.29, 0.717) is 33.8 Å². The van der Waals surface area contributed by atoms with Crippen LogP contribution in [0.15, 0.2) is 52.3 Å². The summed E-state index contributed by atoms with van der Waals surface area (Å²) in [7, 11) is -9.04. The highest BCUT2D eigenvalue weighted by atomic mass is 32.2. The van der Waals surface area contributed by atoms with Gasteiger partial charge in [0.1, 0.15) is 9.79 Å². The van der Waals surface area contributed by atoms with Crippen molar-refractivity contribution in [2.45, 2.75) is 30.6 Å². The Kier molecular flexibility index (Phi) is 4.52. The van der Waals surface area contributed by atoms with Crippen molar-refractivity contribution in [3.8, 4) is 0 Å². The van der Waals surface area contributed by atoms with Crippen LogP contribution in [0.2, 0.25) is 0 Å². The first kappa shape index (κ1) is 20.8. The first-order valence-electron chi connectivity index (χ1n) is 9.21. The molecule has 0 bridgehead atoms. The molecule has 9 heteroatoms. The summed E-state index contributed by atoms with van der Waals surface area (Å²) in [5.41, 5.74) is 0.414. The maximum atomic E-state index is 12.2. The van der Waals surface area contributed by atoms with Crippen LogP contribution in [0.5, 0.6) is 0 Å². The third-order valence-electron chi connectivity index (χ3n) is 5.07. The van der Waals surface area contributed by atoms with Crippen molar-refractivity contribution in [1.29, 1.82) is 0 Å². The summed E-state index contributed by atoms with van der Waals surface area (Å²) in [5, 5.41) is 6.19. The molecule has 158 valence electrons. The third-order valence-corrected chi connectivity index (χ3v) is 6.87. The summed E-state index contributed by atoms with van der Waals surface area (Å²) >= 11 is 0. The molecule has 4 aromatic rings. The number of hydrogen-bond acceptors (Lipinski definition) is 5. The quantitative estimate of drug-likeness (QED) is 0.310. The predicted octanol–water partition coefficient (Wildman–Crippen LogP) is 4.54. The monoisotopic (exact) mass is 447 g/mol. The first-order chi connectivity index (χ1) is 13.8. The highest BCUT2D eigenvalue weighted by Gasteiger charge is 2.24. The Labute approximate surface area is 174 Å². The molecule has 0 aliphatic heterocycles. The van der Waals surface area contributed by atoms with Crippen molar-refractivity contribution in [1.82, 2.24) is 0 Å². The van der Waals surface area contributed by atoms with E-state index in [1.165, 1.54) is 12.1 Å². The minimum absolute atomic E-state index is 0.0969. The molecule has 0 heterocycles. The van der Waals surface area contributed by atoms with Gasteiger partial charge in [-0.05, 0) is 28.3 Å². The summed E-state index contributed by atoms with van der Waals surface area (Å²) in [4.78, 5) is -0.524. The molecule has 0 aliphatic rings. The Morgan fingerprint density at radius 1 is 0.767 bits per heavy atom. The Balaban J connectivity index is 2.21. The zero-order valence-electron chi connectivity index (χ0n) is 16.6. The second-order valence-electron chi connectivity index (χ2n) is 8.60. The Morgan fingerprint density at radius 2 is 1.30 bits per heavy atom. The van der Waals surface area contributed by atoms with E-state index in [1.807, 2.05) is 20.8 Å². The molecule has 0 saturated heterocycles. The van der Waals surface area contributed by atoms with Crippen LogP contribution in [0.3, 0.4) is 0 Å². The molecule has 0 amide bonds. The first-order valence-corrected chi connectivity index (χ1v) is 12.1. The van der Waals surface area contributed by atoms with Gasteiger partial charge < -0.3 is 5.32 Å². The van der Waals surface area contributed by atoms with E-state index in [0.717, 1.165) is 0 Å². The number of hydrogen-bond donors (Lipinski definition) is 3. The van der Waals surface area contributed by atoms with E-state index in [2.05, 4.69) is 5.32 Å². The highest BCUT2D eigenvalue weighted by Crippen LogP contribution is 2.42. The lowest BCUT2D eigenvalue weighted by Crippen LogP contribution is -2.19. The van der Waals surface area contributed by atoms with Crippen molar-refractivity contribution in [2.75, 3.05) is 11.9 Å². The standard InChI is InChI=1S/C21H21NO6S2/c1-21(2,3)11-22-16-10-18(30(26,27)28)15-6-4-12-5-9-17(29(23,24)25)14-8-7-13(16)20(15)19(12)14/h4-10,22H,11H2,1-3H3,(H,23,24,25)(H,26,27,28). The van der Waals surface area contributed by atoms with E-state index in [1.54, 1.807) is 30.3 Å². The molecule has 4 rings (SSSR count). The fraction of sp³-hybridized carbons (Fsp3) is 0.238. The smallest absolute Gasteiger partial charge is 0.295 e. The molecule has 0 atom stereocenters. The Hall–Kier alpha value is -2.46. The van der Waals surface area contributed by atoms with Crippen LogP contribution in [0.25, 0.3) is 32.3 Å². The van der Waals surface area contributed by atoms with Crippen LogP contribution < -0.4 is 5.32 Å². The van der Waals surface area contributed by atoms with E-state index < -0.39 is 20.2 Å². The van der Waals surface area contributed by atoms with Gasteiger partial charge in [-0.25, -0.2) is 0 Å².